The highest BCUT2D eigenvalue weighted by Gasteiger charge is 2.32. The first-order valence-corrected chi connectivity index (χ1v) is 9.70. The van der Waals surface area contributed by atoms with Gasteiger partial charge < -0.3 is 10.1 Å². The normalized spacial score (nSPS) is 19.8. The molecule has 1 aliphatic rings. The number of nitrogens with zero attached hydrogens (tertiary/aromatic N) is 5. The second-order valence-electron chi connectivity index (χ2n) is 6.72. The average molecular weight is 402 g/mol. The number of fused-ring (bicyclic) bond motifs is 1. The van der Waals surface area contributed by atoms with Gasteiger partial charge in [0.1, 0.15) is 12.4 Å². The summed E-state index contributed by atoms with van der Waals surface area (Å²) in [5.41, 5.74) is 0.590. The molecule has 0 bridgehead atoms. The molecule has 146 valence electrons. The summed E-state index contributed by atoms with van der Waals surface area (Å²) in [6.45, 7) is 4.50. The zero-order valence-electron chi connectivity index (χ0n) is 15.4. The molecule has 1 N–H and O–H groups in total. The fourth-order valence-electron chi connectivity index (χ4n) is 3.29. The van der Waals surface area contributed by atoms with Gasteiger partial charge in [-0.3, -0.25) is 9.69 Å². The van der Waals surface area contributed by atoms with E-state index >= 15 is 0 Å². The lowest BCUT2D eigenvalue weighted by Crippen LogP contribution is -2.28. The van der Waals surface area contributed by atoms with E-state index in [1.54, 1.807) is 6.20 Å². The smallest absolute Gasteiger partial charge is 0.230 e. The van der Waals surface area contributed by atoms with Crippen LogP contribution >= 0.6 is 11.3 Å². The summed E-state index contributed by atoms with van der Waals surface area (Å²) in [6.07, 6.45) is 3.85. The minimum atomic E-state index is -0.543. The second kappa shape index (κ2) is 7.72. The van der Waals surface area contributed by atoms with Gasteiger partial charge in [-0.15, -0.1) is 0 Å². The number of amides is 1. The molecule has 0 aliphatic carbocycles. The van der Waals surface area contributed by atoms with E-state index in [2.05, 4.69) is 37.1 Å². The Morgan fingerprint density at radius 1 is 1.43 bits per heavy atom. The molecule has 4 heterocycles. The maximum absolute atomic E-state index is 14.1. The number of thiazole rings is 1. The number of hydrogen-bond acceptors (Lipinski definition) is 8. The maximum Gasteiger partial charge on any atom is 0.230 e. The van der Waals surface area contributed by atoms with Crippen LogP contribution in [0.25, 0.3) is 11.0 Å². The minimum absolute atomic E-state index is 0.0703. The minimum Gasteiger partial charge on any atom is -0.472 e. The Labute approximate surface area is 164 Å². The monoisotopic (exact) mass is 402 g/mol. The molecule has 28 heavy (non-hydrogen) atoms. The second-order valence-corrected chi connectivity index (χ2v) is 7.81. The molecule has 3 aromatic rings. The first-order valence-electron chi connectivity index (χ1n) is 8.89. The first kappa shape index (κ1) is 18.6. The largest absolute Gasteiger partial charge is 0.472 e. The zero-order chi connectivity index (χ0) is 19.7. The number of carbonyl (C=O) groups is 1. The van der Waals surface area contributed by atoms with Crippen LogP contribution in [-0.2, 0) is 11.3 Å². The molecule has 10 heteroatoms. The summed E-state index contributed by atoms with van der Waals surface area (Å²) in [7, 11) is 0. The van der Waals surface area contributed by atoms with Gasteiger partial charge in [0.15, 0.2) is 10.8 Å². The number of likely N-dealkylation sites (tertiary alicyclic amines) is 1. The van der Waals surface area contributed by atoms with Crippen molar-refractivity contribution in [3.05, 3.63) is 35.5 Å². The van der Waals surface area contributed by atoms with Crippen molar-refractivity contribution in [2.75, 3.05) is 11.9 Å². The van der Waals surface area contributed by atoms with Crippen molar-refractivity contribution in [1.82, 2.24) is 24.8 Å². The Kier molecular flexibility index (Phi) is 5.14. The number of halogens is 1. The Morgan fingerprint density at radius 3 is 3.11 bits per heavy atom. The molecule has 0 radical (unpaired) electrons. The van der Waals surface area contributed by atoms with E-state index < -0.39 is 5.95 Å². The van der Waals surface area contributed by atoms with E-state index in [-0.39, 0.29) is 23.2 Å². The van der Waals surface area contributed by atoms with Gasteiger partial charge in [0.25, 0.3) is 0 Å². The molecule has 2 atom stereocenters. The molecule has 4 rings (SSSR count). The van der Waals surface area contributed by atoms with Crippen molar-refractivity contribution >= 4 is 33.4 Å². The number of ether oxygens (including phenoxy) is 1. The van der Waals surface area contributed by atoms with E-state index in [9.17, 15) is 9.18 Å². The van der Waals surface area contributed by atoms with Crippen molar-refractivity contribution in [3.63, 3.8) is 0 Å². The lowest BCUT2D eigenvalue weighted by molar-refractivity contribution is -0.114. The Morgan fingerprint density at radius 2 is 2.29 bits per heavy atom. The SMILES string of the molecule is CC(=O)Nc1nc(F)c(CN2C[C@H](Oc3ncnc4ncccc34)C[C@@H]2C)s1. The van der Waals surface area contributed by atoms with Crippen molar-refractivity contribution < 1.29 is 13.9 Å². The van der Waals surface area contributed by atoms with Crippen LogP contribution in [0.15, 0.2) is 24.7 Å². The highest BCUT2D eigenvalue weighted by atomic mass is 32.1. The highest BCUT2D eigenvalue weighted by Crippen LogP contribution is 2.29. The van der Waals surface area contributed by atoms with Crippen molar-refractivity contribution in [2.45, 2.75) is 39.0 Å². The van der Waals surface area contributed by atoms with Gasteiger partial charge in [0.05, 0.1) is 10.3 Å². The van der Waals surface area contributed by atoms with Crippen LogP contribution in [0.1, 0.15) is 25.1 Å². The van der Waals surface area contributed by atoms with Crippen molar-refractivity contribution in [3.8, 4) is 5.88 Å². The standard InChI is InChI=1S/C18H19FN6O2S/c1-10-6-12(27-17-13-4-3-5-20-16(13)21-9-22-17)7-25(10)8-14-15(19)24-18(28-14)23-11(2)26/h3-5,9-10,12H,6-8H2,1-2H3,(H,23,24,26)/t10-,12+/m0/s1. The van der Waals surface area contributed by atoms with Gasteiger partial charge in [-0.25, -0.2) is 15.0 Å². The van der Waals surface area contributed by atoms with Gasteiger partial charge >= 0.3 is 0 Å². The van der Waals surface area contributed by atoms with E-state index in [1.165, 1.54) is 13.3 Å². The van der Waals surface area contributed by atoms with Crippen LogP contribution in [0.4, 0.5) is 9.52 Å². The fraction of sp³-hybridized carbons (Fsp3) is 0.389. The summed E-state index contributed by atoms with van der Waals surface area (Å²) in [6, 6.07) is 3.91. The summed E-state index contributed by atoms with van der Waals surface area (Å²) < 4.78 is 20.2. The lowest BCUT2D eigenvalue weighted by Gasteiger charge is -2.19. The molecule has 0 unspecified atom stereocenters. The number of rotatable bonds is 5. The Hall–Kier alpha value is -2.72. The molecule has 1 fully saturated rings. The third-order valence-electron chi connectivity index (χ3n) is 4.60. The topological polar surface area (TPSA) is 93.1 Å². The molecular formula is C18H19FN6O2S. The molecule has 1 aliphatic heterocycles. The third kappa shape index (κ3) is 3.92. The van der Waals surface area contributed by atoms with Crippen molar-refractivity contribution in [2.24, 2.45) is 0 Å². The zero-order valence-corrected chi connectivity index (χ0v) is 16.2. The quantitative estimate of drug-likeness (QED) is 0.701. The average Bonchev–Trinajstić information content (AvgIpc) is 3.17. The molecule has 1 amide bonds. The van der Waals surface area contributed by atoms with Gasteiger partial charge in [-0.1, -0.05) is 11.3 Å². The van der Waals surface area contributed by atoms with Crippen LogP contribution in [-0.4, -0.2) is 49.4 Å². The summed E-state index contributed by atoms with van der Waals surface area (Å²) >= 11 is 1.15. The predicted octanol–water partition coefficient (Wildman–Crippen LogP) is 2.62. The molecule has 1 saturated heterocycles. The molecule has 3 aromatic heterocycles. The Balaban J connectivity index is 1.45. The van der Waals surface area contributed by atoms with E-state index in [0.29, 0.717) is 29.5 Å². The first-order chi connectivity index (χ1) is 13.5. The summed E-state index contributed by atoms with van der Waals surface area (Å²) in [5.74, 6) is -0.304. The maximum atomic E-state index is 14.1. The van der Waals surface area contributed by atoms with Gasteiger partial charge in [-0.05, 0) is 19.1 Å². The number of nitrogens with one attached hydrogen (secondary N) is 1. The Bertz CT molecular complexity index is 1010. The van der Waals surface area contributed by atoms with Crippen molar-refractivity contribution in [1.29, 1.82) is 0 Å². The van der Waals surface area contributed by atoms with Gasteiger partial charge in [0.2, 0.25) is 17.7 Å². The van der Waals surface area contributed by atoms with E-state index in [1.807, 2.05) is 12.1 Å². The fourth-order valence-corrected chi connectivity index (χ4v) is 4.21. The van der Waals surface area contributed by atoms with E-state index in [0.717, 1.165) is 23.1 Å². The van der Waals surface area contributed by atoms with Crippen LogP contribution in [0.3, 0.4) is 0 Å². The molecule has 0 aromatic carbocycles. The molecule has 0 saturated carbocycles. The van der Waals surface area contributed by atoms with E-state index in [4.69, 9.17) is 4.74 Å². The summed E-state index contributed by atoms with van der Waals surface area (Å²) in [5, 5.41) is 3.57. The number of hydrogen-bond donors (Lipinski definition) is 1. The summed E-state index contributed by atoms with van der Waals surface area (Å²) in [4.78, 5) is 30.2. The third-order valence-corrected chi connectivity index (χ3v) is 5.53. The number of anilines is 1. The van der Waals surface area contributed by atoms with Crippen LogP contribution < -0.4 is 10.1 Å². The predicted molar refractivity (Wildman–Crippen MR) is 103 cm³/mol. The molecule has 0 spiro atoms. The van der Waals surface area contributed by atoms with Crippen LogP contribution in [0, 0.1) is 5.95 Å². The van der Waals surface area contributed by atoms with Gasteiger partial charge in [-0.2, -0.15) is 9.37 Å². The van der Waals surface area contributed by atoms with Crippen LogP contribution in [0.5, 0.6) is 5.88 Å². The van der Waals surface area contributed by atoms with Crippen LogP contribution in [0.2, 0.25) is 0 Å². The lowest BCUT2D eigenvalue weighted by atomic mass is 10.2. The number of carbonyl (C=O) groups excluding carboxylic acids is 1. The number of pyridine rings is 1. The highest BCUT2D eigenvalue weighted by molar-refractivity contribution is 7.15. The number of aromatic nitrogens is 4. The molecular weight excluding hydrogens is 383 g/mol. The molecule has 8 nitrogen and oxygen atoms in total. The van der Waals surface area contributed by atoms with Gasteiger partial charge in [0, 0.05) is 38.7 Å².